The van der Waals surface area contributed by atoms with E-state index in [-0.39, 0.29) is 17.4 Å². The Hall–Kier alpha value is -2.68. The summed E-state index contributed by atoms with van der Waals surface area (Å²) in [6.45, 7) is -0.100. The molecule has 0 radical (unpaired) electrons. The fraction of sp³-hybridized carbons (Fsp3) is 0.0625. The molecule has 0 saturated carbocycles. The second-order valence-corrected chi connectivity index (χ2v) is 6.83. The highest BCUT2D eigenvalue weighted by atomic mass is 32.2. The maximum Gasteiger partial charge on any atom is 0.257 e. The molecule has 0 atom stereocenters. The predicted molar refractivity (Wildman–Crippen MR) is 90.4 cm³/mol. The monoisotopic (exact) mass is 345 g/mol. The number of hydrogen-bond donors (Lipinski definition) is 4. The highest BCUT2D eigenvalue weighted by molar-refractivity contribution is 7.89. The summed E-state index contributed by atoms with van der Waals surface area (Å²) < 4.78 is 22.4. The topological polar surface area (TPSA) is 122 Å². The molecule has 0 aromatic heterocycles. The molecular formula is C16H15N3O4S. The van der Waals surface area contributed by atoms with E-state index in [1.54, 1.807) is 36.5 Å². The number of carbonyl (C=O) groups is 1. The third kappa shape index (κ3) is 3.16. The Labute approximate surface area is 138 Å². The Kier molecular flexibility index (Phi) is 4.10. The Morgan fingerprint density at radius 3 is 2.50 bits per heavy atom. The van der Waals surface area contributed by atoms with Crippen molar-refractivity contribution in [1.29, 1.82) is 0 Å². The van der Waals surface area contributed by atoms with Gasteiger partial charge in [0.05, 0.1) is 17.1 Å². The number of nitrogens with one attached hydrogen (secondary N) is 2. The van der Waals surface area contributed by atoms with Gasteiger partial charge in [0.25, 0.3) is 5.91 Å². The van der Waals surface area contributed by atoms with Crippen LogP contribution in [0.2, 0.25) is 0 Å². The summed E-state index contributed by atoms with van der Waals surface area (Å²) in [5.74, 6) is -0.256. The molecule has 0 unspecified atom stereocenters. The largest absolute Gasteiger partial charge is 0.392 e. The van der Waals surface area contributed by atoms with Gasteiger partial charge in [0.15, 0.2) is 0 Å². The van der Waals surface area contributed by atoms with Crippen LogP contribution in [0.15, 0.2) is 53.6 Å². The van der Waals surface area contributed by atoms with E-state index in [1.807, 2.05) is 0 Å². The SMILES string of the molecule is NS(=O)(=O)c1ccc(N/C=C2\C(=O)Nc3cc(CO)ccc32)cc1. The van der Waals surface area contributed by atoms with Gasteiger partial charge in [0.2, 0.25) is 10.0 Å². The van der Waals surface area contributed by atoms with Crippen molar-refractivity contribution >= 4 is 32.9 Å². The normalized spacial score (nSPS) is 15.2. The van der Waals surface area contributed by atoms with E-state index < -0.39 is 10.0 Å². The second kappa shape index (κ2) is 6.08. The molecule has 0 aliphatic carbocycles. The molecule has 0 fully saturated rings. The standard InChI is InChI=1S/C16H15N3O4S/c17-24(22,23)12-4-2-11(3-5-12)18-8-14-13-6-1-10(9-20)7-15(13)19-16(14)21/h1-8,18,20H,9H2,(H,19,21)(H2,17,22,23)/b14-8-. The fourth-order valence-corrected chi connectivity index (χ4v) is 2.90. The summed E-state index contributed by atoms with van der Waals surface area (Å²) in [6.07, 6.45) is 1.55. The highest BCUT2D eigenvalue weighted by Crippen LogP contribution is 2.32. The molecule has 1 heterocycles. The lowest BCUT2D eigenvalue weighted by Crippen LogP contribution is -2.11. The zero-order valence-corrected chi connectivity index (χ0v) is 13.3. The van der Waals surface area contributed by atoms with Crippen LogP contribution >= 0.6 is 0 Å². The Morgan fingerprint density at radius 1 is 1.17 bits per heavy atom. The summed E-state index contributed by atoms with van der Waals surface area (Å²) in [7, 11) is -3.73. The number of carbonyl (C=O) groups excluding carboxylic acids is 1. The van der Waals surface area contributed by atoms with Gasteiger partial charge in [-0.05, 0) is 35.9 Å². The number of aliphatic hydroxyl groups excluding tert-OH is 1. The zero-order valence-electron chi connectivity index (χ0n) is 12.5. The van der Waals surface area contributed by atoms with E-state index in [9.17, 15) is 13.2 Å². The summed E-state index contributed by atoms with van der Waals surface area (Å²) >= 11 is 0. The van der Waals surface area contributed by atoms with Crippen LogP contribution in [-0.4, -0.2) is 19.4 Å². The molecule has 1 aliphatic rings. The van der Waals surface area contributed by atoms with E-state index in [4.69, 9.17) is 10.2 Å². The van der Waals surface area contributed by atoms with Crippen LogP contribution < -0.4 is 15.8 Å². The maximum absolute atomic E-state index is 12.1. The van der Waals surface area contributed by atoms with Crippen molar-refractivity contribution in [3.8, 4) is 0 Å². The first-order valence-electron chi connectivity index (χ1n) is 7.03. The number of anilines is 2. The number of primary sulfonamides is 1. The van der Waals surface area contributed by atoms with Crippen LogP contribution in [0.1, 0.15) is 11.1 Å². The van der Waals surface area contributed by atoms with Crippen LogP contribution in [0, 0.1) is 0 Å². The molecule has 3 rings (SSSR count). The Balaban J connectivity index is 1.84. The average molecular weight is 345 g/mol. The first kappa shape index (κ1) is 16.2. The first-order chi connectivity index (χ1) is 11.4. The van der Waals surface area contributed by atoms with Crippen molar-refractivity contribution in [2.24, 2.45) is 5.14 Å². The molecular weight excluding hydrogens is 330 g/mol. The fourth-order valence-electron chi connectivity index (χ4n) is 2.38. The number of benzene rings is 2. The Bertz CT molecular complexity index is 934. The molecule has 0 bridgehead atoms. The Morgan fingerprint density at radius 2 is 1.88 bits per heavy atom. The van der Waals surface area contributed by atoms with Gasteiger partial charge in [-0.25, -0.2) is 13.6 Å². The third-order valence-electron chi connectivity index (χ3n) is 3.62. The van der Waals surface area contributed by atoms with Crippen LogP contribution in [0.3, 0.4) is 0 Å². The van der Waals surface area contributed by atoms with E-state index in [1.165, 1.54) is 12.1 Å². The maximum atomic E-state index is 12.1. The van der Waals surface area contributed by atoms with Gasteiger partial charge in [-0.15, -0.1) is 0 Å². The van der Waals surface area contributed by atoms with Gasteiger partial charge >= 0.3 is 0 Å². The van der Waals surface area contributed by atoms with Crippen molar-refractivity contribution in [3.63, 3.8) is 0 Å². The molecule has 8 heteroatoms. The van der Waals surface area contributed by atoms with E-state index in [2.05, 4.69) is 10.6 Å². The quantitative estimate of drug-likeness (QED) is 0.621. The van der Waals surface area contributed by atoms with Gasteiger partial charge in [0, 0.05) is 23.1 Å². The molecule has 124 valence electrons. The van der Waals surface area contributed by atoms with Crippen molar-refractivity contribution in [1.82, 2.24) is 0 Å². The molecule has 1 aliphatic heterocycles. The summed E-state index contributed by atoms with van der Waals surface area (Å²) in [4.78, 5) is 12.1. The minimum Gasteiger partial charge on any atom is -0.392 e. The minimum absolute atomic E-state index is 0.0150. The molecule has 0 spiro atoms. The molecule has 24 heavy (non-hydrogen) atoms. The number of rotatable bonds is 4. The van der Waals surface area contributed by atoms with Crippen molar-refractivity contribution in [2.45, 2.75) is 11.5 Å². The number of sulfonamides is 1. The minimum atomic E-state index is -3.73. The van der Waals surface area contributed by atoms with E-state index in [0.29, 0.717) is 22.5 Å². The lowest BCUT2D eigenvalue weighted by atomic mass is 10.1. The van der Waals surface area contributed by atoms with E-state index >= 15 is 0 Å². The molecule has 2 aromatic carbocycles. The van der Waals surface area contributed by atoms with Gasteiger partial charge in [-0.2, -0.15) is 0 Å². The summed E-state index contributed by atoms with van der Waals surface area (Å²) in [5, 5.41) is 19.9. The van der Waals surface area contributed by atoms with Gasteiger partial charge < -0.3 is 15.7 Å². The molecule has 5 N–H and O–H groups in total. The predicted octanol–water partition coefficient (Wildman–Crippen LogP) is 1.23. The molecule has 1 amide bonds. The second-order valence-electron chi connectivity index (χ2n) is 5.26. The first-order valence-corrected chi connectivity index (χ1v) is 8.58. The number of nitrogens with two attached hydrogens (primary N) is 1. The van der Waals surface area contributed by atoms with Crippen molar-refractivity contribution in [2.75, 3.05) is 10.6 Å². The number of hydrogen-bond acceptors (Lipinski definition) is 5. The lowest BCUT2D eigenvalue weighted by Gasteiger charge is -2.04. The number of amides is 1. The molecule has 7 nitrogen and oxygen atoms in total. The van der Waals surface area contributed by atoms with Gasteiger partial charge in [-0.1, -0.05) is 12.1 Å². The van der Waals surface area contributed by atoms with E-state index in [0.717, 1.165) is 5.56 Å². The lowest BCUT2D eigenvalue weighted by molar-refractivity contribution is -0.110. The zero-order chi connectivity index (χ0) is 17.3. The molecule has 2 aromatic rings. The smallest absolute Gasteiger partial charge is 0.257 e. The highest BCUT2D eigenvalue weighted by Gasteiger charge is 2.24. The van der Waals surface area contributed by atoms with Crippen molar-refractivity contribution < 1.29 is 18.3 Å². The number of fused-ring (bicyclic) bond motifs is 1. The van der Waals surface area contributed by atoms with Crippen LogP contribution in [0.25, 0.3) is 5.57 Å². The van der Waals surface area contributed by atoms with Crippen LogP contribution in [-0.2, 0) is 21.4 Å². The number of aliphatic hydroxyl groups is 1. The third-order valence-corrected chi connectivity index (χ3v) is 4.54. The van der Waals surface area contributed by atoms with Gasteiger partial charge in [-0.3, -0.25) is 4.79 Å². The summed E-state index contributed by atoms with van der Waals surface area (Å²) in [5.41, 5.74) is 3.14. The summed E-state index contributed by atoms with van der Waals surface area (Å²) in [6, 6.07) is 11.1. The molecule has 0 saturated heterocycles. The van der Waals surface area contributed by atoms with Gasteiger partial charge in [0.1, 0.15) is 0 Å². The van der Waals surface area contributed by atoms with Crippen molar-refractivity contribution in [3.05, 3.63) is 59.8 Å². The van der Waals surface area contributed by atoms with Crippen LogP contribution in [0.4, 0.5) is 11.4 Å². The van der Waals surface area contributed by atoms with Crippen LogP contribution in [0.5, 0.6) is 0 Å². The average Bonchev–Trinajstić information content (AvgIpc) is 2.86.